The van der Waals surface area contributed by atoms with Gasteiger partial charge in [-0.2, -0.15) is 5.26 Å². The lowest BCUT2D eigenvalue weighted by Gasteiger charge is -2.37. The van der Waals surface area contributed by atoms with Crippen LogP contribution in [-0.4, -0.2) is 19.7 Å². The highest BCUT2D eigenvalue weighted by Gasteiger charge is 2.33. The highest BCUT2D eigenvalue weighted by molar-refractivity contribution is 5.75. The van der Waals surface area contributed by atoms with Crippen molar-refractivity contribution in [2.24, 2.45) is 23.7 Å². The zero-order chi connectivity index (χ0) is 18.4. The molecule has 0 unspecified atom stereocenters. The number of nitrogens with zero attached hydrogens (tertiary/aromatic N) is 1. The van der Waals surface area contributed by atoms with Crippen LogP contribution in [-0.2, 0) is 9.53 Å². The van der Waals surface area contributed by atoms with E-state index in [4.69, 9.17) is 14.7 Å². The number of methoxy groups -OCH3 is 1. The summed E-state index contributed by atoms with van der Waals surface area (Å²) in [5, 5.41) is 8.82. The summed E-state index contributed by atoms with van der Waals surface area (Å²) >= 11 is 0. The van der Waals surface area contributed by atoms with Gasteiger partial charge < -0.3 is 9.47 Å². The summed E-state index contributed by atoms with van der Waals surface area (Å²) in [5.74, 6) is 2.79. The highest BCUT2D eigenvalue weighted by Crippen LogP contribution is 2.41. The molecule has 26 heavy (non-hydrogen) atoms. The molecule has 0 saturated heterocycles. The first-order chi connectivity index (χ1) is 12.7. The Balaban J connectivity index is 1.43. The van der Waals surface area contributed by atoms with Crippen molar-refractivity contribution in [3.63, 3.8) is 0 Å². The van der Waals surface area contributed by atoms with E-state index in [1.54, 1.807) is 31.4 Å². The number of esters is 1. The van der Waals surface area contributed by atoms with Crippen molar-refractivity contribution in [1.82, 2.24) is 0 Å². The molecular weight excluding hydrogens is 326 g/mol. The van der Waals surface area contributed by atoms with Gasteiger partial charge in [-0.05, 0) is 93.4 Å². The summed E-state index contributed by atoms with van der Waals surface area (Å²) in [6.45, 7) is 0.903. The maximum Gasteiger partial charge on any atom is 0.314 e. The van der Waals surface area contributed by atoms with Crippen LogP contribution < -0.4 is 4.74 Å². The summed E-state index contributed by atoms with van der Waals surface area (Å²) in [6.07, 6.45) is 9.39. The Labute approximate surface area is 156 Å². The van der Waals surface area contributed by atoms with Gasteiger partial charge in [0, 0.05) is 13.7 Å². The molecule has 0 N–H and O–H groups in total. The van der Waals surface area contributed by atoms with Gasteiger partial charge in [-0.25, -0.2) is 0 Å². The lowest BCUT2D eigenvalue weighted by Crippen LogP contribution is -2.30. The summed E-state index contributed by atoms with van der Waals surface area (Å²) in [4.78, 5) is 12.4. The predicted octanol–water partition coefficient (Wildman–Crippen LogP) is 4.72. The van der Waals surface area contributed by atoms with Crippen molar-refractivity contribution in [2.45, 2.75) is 51.4 Å². The number of hydrogen-bond donors (Lipinski definition) is 0. The molecule has 2 fully saturated rings. The quantitative estimate of drug-likeness (QED) is 0.566. The first kappa shape index (κ1) is 18.9. The van der Waals surface area contributed by atoms with Gasteiger partial charge in [0.15, 0.2) is 0 Å². The minimum Gasteiger partial charge on any atom is -0.426 e. The summed E-state index contributed by atoms with van der Waals surface area (Å²) in [7, 11) is 1.80. The van der Waals surface area contributed by atoms with Crippen LogP contribution in [0, 0.1) is 35.0 Å². The van der Waals surface area contributed by atoms with E-state index in [9.17, 15) is 4.79 Å². The maximum atomic E-state index is 12.4. The fourth-order valence-electron chi connectivity index (χ4n) is 4.69. The standard InChI is InChI=1S/C22H29NO3/c1-25-15-17-2-6-18(7-3-17)19-8-10-20(11-9-19)22(24)26-21-12-4-16(14-23)5-13-21/h4-5,12-13,17-20H,2-3,6-11,15H2,1H3/t17-,18-,19-,20-. The van der Waals surface area contributed by atoms with Crippen LogP contribution in [0.5, 0.6) is 5.75 Å². The zero-order valence-corrected chi connectivity index (χ0v) is 15.7. The molecule has 0 amide bonds. The third-order valence-electron chi connectivity index (χ3n) is 6.27. The number of rotatable bonds is 5. The van der Waals surface area contributed by atoms with Crippen molar-refractivity contribution in [3.05, 3.63) is 29.8 Å². The van der Waals surface area contributed by atoms with Crippen molar-refractivity contribution < 1.29 is 14.3 Å². The second kappa shape index (κ2) is 9.19. The van der Waals surface area contributed by atoms with Crippen molar-refractivity contribution in [1.29, 1.82) is 5.26 Å². The molecule has 4 nitrogen and oxygen atoms in total. The van der Waals surface area contributed by atoms with Gasteiger partial charge in [0.25, 0.3) is 0 Å². The van der Waals surface area contributed by atoms with Crippen LogP contribution in [0.15, 0.2) is 24.3 Å². The van der Waals surface area contributed by atoms with Gasteiger partial charge >= 0.3 is 5.97 Å². The third kappa shape index (κ3) is 4.86. The molecule has 1 aromatic carbocycles. The average molecular weight is 355 g/mol. The number of carbonyl (C=O) groups excluding carboxylic acids is 1. The Hall–Kier alpha value is -1.86. The molecule has 2 saturated carbocycles. The Bertz CT molecular complexity index is 618. The first-order valence-corrected chi connectivity index (χ1v) is 9.90. The van der Waals surface area contributed by atoms with Crippen molar-refractivity contribution in [3.8, 4) is 11.8 Å². The lowest BCUT2D eigenvalue weighted by molar-refractivity contribution is -0.140. The van der Waals surface area contributed by atoms with Crippen LogP contribution in [0.25, 0.3) is 0 Å². The van der Waals surface area contributed by atoms with Crippen LogP contribution >= 0.6 is 0 Å². The molecule has 0 heterocycles. The van der Waals surface area contributed by atoms with E-state index in [1.807, 2.05) is 0 Å². The number of nitriles is 1. The topological polar surface area (TPSA) is 59.3 Å². The second-order valence-corrected chi connectivity index (χ2v) is 7.91. The van der Waals surface area contributed by atoms with Gasteiger partial charge in [-0.3, -0.25) is 4.79 Å². The minimum atomic E-state index is -0.114. The van der Waals surface area contributed by atoms with E-state index in [2.05, 4.69) is 6.07 Å². The van der Waals surface area contributed by atoms with Gasteiger partial charge in [0.05, 0.1) is 17.6 Å². The summed E-state index contributed by atoms with van der Waals surface area (Å²) in [5.41, 5.74) is 0.575. The number of benzene rings is 1. The largest absolute Gasteiger partial charge is 0.426 e. The molecule has 0 bridgehead atoms. The summed E-state index contributed by atoms with van der Waals surface area (Å²) < 4.78 is 10.8. The van der Waals surface area contributed by atoms with Gasteiger partial charge in [0.2, 0.25) is 0 Å². The van der Waals surface area contributed by atoms with Crippen LogP contribution in [0.1, 0.15) is 56.9 Å². The Morgan fingerprint density at radius 3 is 2.12 bits per heavy atom. The third-order valence-corrected chi connectivity index (χ3v) is 6.27. The molecule has 0 radical (unpaired) electrons. The number of hydrogen-bond acceptors (Lipinski definition) is 4. The molecule has 0 spiro atoms. The van der Waals surface area contributed by atoms with Crippen LogP contribution in [0.2, 0.25) is 0 Å². The van der Waals surface area contributed by atoms with E-state index in [1.165, 1.54) is 25.7 Å². The molecule has 3 rings (SSSR count). The minimum absolute atomic E-state index is 0.0201. The van der Waals surface area contributed by atoms with E-state index < -0.39 is 0 Å². The molecule has 0 atom stereocenters. The fourth-order valence-corrected chi connectivity index (χ4v) is 4.69. The van der Waals surface area contributed by atoms with Crippen LogP contribution in [0.3, 0.4) is 0 Å². The molecule has 1 aromatic rings. The van der Waals surface area contributed by atoms with E-state index in [0.717, 1.165) is 50.0 Å². The maximum absolute atomic E-state index is 12.4. The van der Waals surface area contributed by atoms with Gasteiger partial charge in [-0.1, -0.05) is 0 Å². The SMILES string of the molecule is COC[C@H]1CC[C@H]([C@H]2CC[C@H](C(=O)Oc3ccc(C#N)cc3)CC2)CC1. The normalized spacial score (nSPS) is 28.9. The highest BCUT2D eigenvalue weighted by atomic mass is 16.5. The molecular formula is C22H29NO3. The second-order valence-electron chi connectivity index (χ2n) is 7.91. The van der Waals surface area contributed by atoms with Crippen molar-refractivity contribution >= 4 is 5.97 Å². The van der Waals surface area contributed by atoms with E-state index in [-0.39, 0.29) is 11.9 Å². The average Bonchev–Trinajstić information content (AvgIpc) is 2.69. The first-order valence-electron chi connectivity index (χ1n) is 9.90. The Morgan fingerprint density at radius 2 is 1.58 bits per heavy atom. The molecule has 2 aliphatic carbocycles. The molecule has 140 valence electrons. The predicted molar refractivity (Wildman–Crippen MR) is 99.6 cm³/mol. The van der Waals surface area contributed by atoms with Gasteiger partial charge in [-0.15, -0.1) is 0 Å². The smallest absolute Gasteiger partial charge is 0.314 e. The molecule has 2 aliphatic rings. The molecule has 0 aliphatic heterocycles. The van der Waals surface area contributed by atoms with Crippen molar-refractivity contribution in [2.75, 3.05) is 13.7 Å². The van der Waals surface area contributed by atoms with E-state index >= 15 is 0 Å². The Kier molecular flexibility index (Phi) is 6.68. The lowest BCUT2D eigenvalue weighted by atomic mass is 9.69. The molecule has 4 heteroatoms. The molecule has 0 aromatic heterocycles. The van der Waals surface area contributed by atoms with Crippen LogP contribution in [0.4, 0.5) is 0 Å². The van der Waals surface area contributed by atoms with Gasteiger partial charge in [0.1, 0.15) is 5.75 Å². The number of carbonyl (C=O) groups is 1. The van der Waals surface area contributed by atoms with E-state index in [0.29, 0.717) is 11.3 Å². The Morgan fingerprint density at radius 1 is 1.00 bits per heavy atom. The number of ether oxygens (including phenoxy) is 2. The monoisotopic (exact) mass is 355 g/mol. The zero-order valence-electron chi connectivity index (χ0n) is 15.7. The fraction of sp³-hybridized carbons (Fsp3) is 0.636. The summed E-state index contributed by atoms with van der Waals surface area (Å²) in [6, 6.07) is 8.82.